The van der Waals surface area contributed by atoms with Crippen molar-refractivity contribution < 1.29 is 14.3 Å². The average molecular weight is 415 g/mol. The minimum atomic E-state index is 0.0653. The number of carbonyl (C=O) groups excluding carboxylic acids is 1. The number of carbonyl (C=O) groups is 1. The lowest BCUT2D eigenvalue weighted by molar-refractivity contribution is -0.116. The summed E-state index contributed by atoms with van der Waals surface area (Å²) in [4.78, 5) is 15.8. The summed E-state index contributed by atoms with van der Waals surface area (Å²) in [5.74, 6) is 1.69. The van der Waals surface area contributed by atoms with Crippen molar-refractivity contribution >= 4 is 23.4 Å². The number of hydrogen-bond acceptors (Lipinski definition) is 5. The zero-order chi connectivity index (χ0) is 20.5. The van der Waals surface area contributed by atoms with E-state index in [2.05, 4.69) is 10.2 Å². The van der Waals surface area contributed by atoms with E-state index in [-0.39, 0.29) is 12.0 Å². The van der Waals surface area contributed by atoms with Crippen LogP contribution in [-0.4, -0.2) is 49.4 Å². The highest BCUT2D eigenvalue weighted by atomic mass is 32.2. The summed E-state index contributed by atoms with van der Waals surface area (Å²) in [5.41, 5.74) is 0.894. The maximum atomic E-state index is 12.3. The highest BCUT2D eigenvalue weighted by Crippen LogP contribution is 2.29. The van der Waals surface area contributed by atoms with Gasteiger partial charge in [-0.3, -0.25) is 4.79 Å². The van der Waals surface area contributed by atoms with E-state index in [1.807, 2.05) is 61.7 Å². The molecule has 0 radical (unpaired) electrons. The summed E-state index contributed by atoms with van der Waals surface area (Å²) in [7, 11) is 0. The molecule has 1 amide bonds. The smallest absolute Gasteiger partial charge is 0.225 e. The molecule has 1 aliphatic heterocycles. The van der Waals surface area contributed by atoms with Crippen molar-refractivity contribution in [2.45, 2.75) is 37.2 Å². The van der Waals surface area contributed by atoms with Gasteiger partial charge in [0.05, 0.1) is 12.3 Å². The third kappa shape index (κ3) is 6.41. The first-order valence-corrected chi connectivity index (χ1v) is 11.5. The standard InChI is InChI=1S/C23H30N2O3S/c1-3-27-20-9-5-6-10-21(20)28-18-12-15-25(16-13-18)17-14-23(26)24-19-8-4-7-11-22(19)29-2/h4-11,18H,3,12-17H2,1-2H3,(H,24,26). The van der Waals surface area contributed by atoms with Crippen molar-refractivity contribution in [3.63, 3.8) is 0 Å². The molecule has 0 bridgehead atoms. The van der Waals surface area contributed by atoms with Gasteiger partial charge in [-0.05, 0) is 50.3 Å². The minimum Gasteiger partial charge on any atom is -0.490 e. The van der Waals surface area contributed by atoms with Crippen LogP contribution in [0.3, 0.4) is 0 Å². The van der Waals surface area contributed by atoms with Crippen LogP contribution in [0.15, 0.2) is 53.4 Å². The molecule has 1 fully saturated rings. The Morgan fingerprint density at radius 3 is 2.52 bits per heavy atom. The van der Waals surface area contributed by atoms with E-state index < -0.39 is 0 Å². The second kappa shape index (κ2) is 11.1. The number of hydrogen-bond donors (Lipinski definition) is 1. The lowest BCUT2D eigenvalue weighted by atomic mass is 10.1. The Bertz CT molecular complexity index is 791. The van der Waals surface area contributed by atoms with Crippen LogP contribution in [0.25, 0.3) is 0 Å². The molecule has 29 heavy (non-hydrogen) atoms. The second-order valence-electron chi connectivity index (χ2n) is 7.04. The van der Waals surface area contributed by atoms with Gasteiger partial charge in [-0.25, -0.2) is 0 Å². The van der Waals surface area contributed by atoms with Crippen LogP contribution in [0.4, 0.5) is 5.69 Å². The summed E-state index contributed by atoms with van der Waals surface area (Å²) in [6, 6.07) is 15.8. The molecule has 2 aromatic rings. The van der Waals surface area contributed by atoms with Crippen LogP contribution in [0.5, 0.6) is 11.5 Å². The third-order valence-corrected chi connectivity index (χ3v) is 5.81. The summed E-state index contributed by atoms with van der Waals surface area (Å²) in [5, 5.41) is 3.04. The van der Waals surface area contributed by atoms with E-state index in [0.717, 1.165) is 54.6 Å². The molecule has 6 heteroatoms. The zero-order valence-corrected chi connectivity index (χ0v) is 18.0. The summed E-state index contributed by atoms with van der Waals surface area (Å²) < 4.78 is 11.8. The summed E-state index contributed by atoms with van der Waals surface area (Å²) in [6.07, 6.45) is 4.62. The van der Waals surface area contributed by atoms with Gasteiger partial charge in [-0.2, -0.15) is 0 Å². The van der Waals surface area contributed by atoms with Gasteiger partial charge in [0.2, 0.25) is 5.91 Å². The largest absolute Gasteiger partial charge is 0.490 e. The molecule has 0 spiro atoms. The van der Waals surface area contributed by atoms with Crippen molar-refractivity contribution in [3.05, 3.63) is 48.5 Å². The predicted molar refractivity (Wildman–Crippen MR) is 119 cm³/mol. The molecular weight excluding hydrogens is 384 g/mol. The second-order valence-corrected chi connectivity index (χ2v) is 7.89. The molecule has 1 aliphatic rings. The number of ether oxygens (including phenoxy) is 2. The molecule has 1 N–H and O–H groups in total. The first kappa shape index (κ1) is 21.5. The fourth-order valence-electron chi connectivity index (χ4n) is 3.47. The van der Waals surface area contributed by atoms with Gasteiger partial charge in [0, 0.05) is 31.0 Å². The molecule has 0 saturated carbocycles. The molecule has 0 atom stereocenters. The molecule has 0 aromatic heterocycles. The quantitative estimate of drug-likeness (QED) is 0.604. The normalized spacial score (nSPS) is 15.1. The lowest BCUT2D eigenvalue weighted by Gasteiger charge is -2.32. The number of nitrogens with one attached hydrogen (secondary N) is 1. The Balaban J connectivity index is 1.41. The monoisotopic (exact) mass is 414 g/mol. The number of rotatable bonds is 9. The molecular formula is C23H30N2O3S. The molecule has 0 aliphatic carbocycles. The number of piperidine rings is 1. The average Bonchev–Trinajstić information content (AvgIpc) is 2.75. The van der Waals surface area contributed by atoms with E-state index >= 15 is 0 Å². The van der Waals surface area contributed by atoms with Crippen LogP contribution < -0.4 is 14.8 Å². The Labute approximate surface area is 177 Å². The van der Waals surface area contributed by atoms with Crippen molar-refractivity contribution in [1.82, 2.24) is 4.90 Å². The molecule has 2 aromatic carbocycles. The first-order valence-electron chi connectivity index (χ1n) is 10.2. The van der Waals surface area contributed by atoms with Gasteiger partial charge < -0.3 is 19.7 Å². The summed E-state index contributed by atoms with van der Waals surface area (Å²) >= 11 is 1.64. The van der Waals surface area contributed by atoms with Crippen molar-refractivity contribution in [2.75, 3.05) is 37.8 Å². The van der Waals surface area contributed by atoms with Gasteiger partial charge >= 0.3 is 0 Å². The topological polar surface area (TPSA) is 50.8 Å². The van der Waals surface area contributed by atoms with Gasteiger partial charge in [0.15, 0.2) is 11.5 Å². The number of para-hydroxylation sites is 3. The molecule has 3 rings (SSSR count). The SMILES string of the molecule is CCOc1ccccc1OC1CCN(CCC(=O)Nc2ccccc2SC)CC1. The first-order chi connectivity index (χ1) is 14.2. The minimum absolute atomic E-state index is 0.0653. The lowest BCUT2D eigenvalue weighted by Crippen LogP contribution is -2.39. The van der Waals surface area contributed by atoms with E-state index in [9.17, 15) is 4.79 Å². The molecule has 156 valence electrons. The van der Waals surface area contributed by atoms with Crippen LogP contribution in [0.1, 0.15) is 26.2 Å². The van der Waals surface area contributed by atoms with Crippen molar-refractivity contribution in [1.29, 1.82) is 0 Å². The van der Waals surface area contributed by atoms with Gasteiger partial charge in [0.25, 0.3) is 0 Å². The van der Waals surface area contributed by atoms with Crippen molar-refractivity contribution in [2.24, 2.45) is 0 Å². The molecule has 1 saturated heterocycles. The number of likely N-dealkylation sites (tertiary alicyclic amines) is 1. The fourth-order valence-corrected chi connectivity index (χ4v) is 4.03. The summed E-state index contributed by atoms with van der Waals surface area (Å²) in [6.45, 7) is 5.26. The van der Waals surface area contributed by atoms with Crippen LogP contribution in [0.2, 0.25) is 0 Å². The molecule has 0 unspecified atom stereocenters. The van der Waals surface area contributed by atoms with Crippen LogP contribution >= 0.6 is 11.8 Å². The number of amides is 1. The van der Waals surface area contributed by atoms with E-state index in [1.54, 1.807) is 11.8 Å². The Morgan fingerprint density at radius 1 is 1.10 bits per heavy atom. The molecule has 1 heterocycles. The number of benzene rings is 2. The maximum Gasteiger partial charge on any atom is 0.225 e. The number of anilines is 1. The fraction of sp³-hybridized carbons (Fsp3) is 0.435. The number of nitrogens with zero attached hydrogens (tertiary/aromatic N) is 1. The highest BCUT2D eigenvalue weighted by Gasteiger charge is 2.22. The highest BCUT2D eigenvalue weighted by molar-refractivity contribution is 7.98. The Hall–Kier alpha value is -2.18. The van der Waals surface area contributed by atoms with Crippen LogP contribution in [0, 0.1) is 0 Å². The maximum absolute atomic E-state index is 12.3. The van der Waals surface area contributed by atoms with Crippen molar-refractivity contribution in [3.8, 4) is 11.5 Å². The Morgan fingerprint density at radius 2 is 1.79 bits per heavy atom. The van der Waals surface area contributed by atoms with E-state index in [4.69, 9.17) is 9.47 Å². The van der Waals surface area contributed by atoms with Crippen LogP contribution in [-0.2, 0) is 4.79 Å². The zero-order valence-electron chi connectivity index (χ0n) is 17.2. The third-order valence-electron chi connectivity index (χ3n) is 5.01. The van der Waals surface area contributed by atoms with E-state index in [1.165, 1.54) is 0 Å². The predicted octanol–water partition coefficient (Wildman–Crippen LogP) is 4.68. The van der Waals surface area contributed by atoms with Gasteiger partial charge in [0.1, 0.15) is 6.10 Å². The molecule has 5 nitrogen and oxygen atoms in total. The van der Waals surface area contributed by atoms with E-state index in [0.29, 0.717) is 13.0 Å². The van der Waals surface area contributed by atoms with Gasteiger partial charge in [-0.15, -0.1) is 11.8 Å². The Kier molecular flexibility index (Phi) is 8.25. The van der Waals surface area contributed by atoms with Gasteiger partial charge in [-0.1, -0.05) is 24.3 Å². The number of thioether (sulfide) groups is 1.